The molecule has 2 N–H and O–H groups in total. The summed E-state index contributed by atoms with van der Waals surface area (Å²) in [5.41, 5.74) is 5.85. The van der Waals surface area contributed by atoms with Gasteiger partial charge in [0.05, 0.1) is 19.3 Å². The molecule has 0 aliphatic carbocycles. The molecule has 1 heterocycles. The predicted molar refractivity (Wildman–Crippen MR) is 53.8 cm³/mol. The van der Waals surface area contributed by atoms with Crippen LogP contribution in [0, 0.1) is 0 Å². The van der Waals surface area contributed by atoms with Crippen molar-refractivity contribution >= 4 is 5.96 Å². The quantitative estimate of drug-likeness (QED) is 0.501. The zero-order valence-corrected chi connectivity index (χ0v) is 8.49. The number of morpholine rings is 1. The fraction of sp³-hybridized carbons (Fsp3) is 0.889. The van der Waals surface area contributed by atoms with E-state index in [1.807, 2.05) is 0 Å². The number of guanidine groups is 1. The Hall–Kier alpha value is -0.770. The molecular formula is C9H19N3O. The number of hydrogen-bond donors (Lipinski definition) is 1. The van der Waals surface area contributed by atoms with Gasteiger partial charge in [-0.2, -0.15) is 0 Å². The van der Waals surface area contributed by atoms with Crippen molar-refractivity contribution in [1.82, 2.24) is 4.90 Å². The highest BCUT2D eigenvalue weighted by Crippen LogP contribution is 2.05. The number of nitrogens with two attached hydrogens (primary N) is 1. The van der Waals surface area contributed by atoms with E-state index in [0.717, 1.165) is 32.7 Å². The van der Waals surface area contributed by atoms with Crippen molar-refractivity contribution in [1.29, 1.82) is 0 Å². The van der Waals surface area contributed by atoms with E-state index in [1.165, 1.54) is 0 Å². The number of rotatable bonds is 2. The fourth-order valence-corrected chi connectivity index (χ4v) is 1.38. The summed E-state index contributed by atoms with van der Waals surface area (Å²) in [6.45, 7) is 7.39. The molecule has 1 fully saturated rings. The van der Waals surface area contributed by atoms with Gasteiger partial charge in [0.2, 0.25) is 0 Å². The maximum absolute atomic E-state index is 5.85. The summed E-state index contributed by atoms with van der Waals surface area (Å²) in [6, 6.07) is 0.356. The minimum atomic E-state index is 0.356. The van der Waals surface area contributed by atoms with Crippen LogP contribution >= 0.6 is 0 Å². The Labute approximate surface area is 79.8 Å². The second-order valence-electron chi connectivity index (χ2n) is 3.36. The van der Waals surface area contributed by atoms with Gasteiger partial charge >= 0.3 is 0 Å². The highest BCUT2D eigenvalue weighted by Gasteiger charge is 2.19. The summed E-state index contributed by atoms with van der Waals surface area (Å²) in [7, 11) is 0. The van der Waals surface area contributed by atoms with E-state index >= 15 is 0 Å². The van der Waals surface area contributed by atoms with E-state index in [4.69, 9.17) is 10.5 Å². The van der Waals surface area contributed by atoms with Gasteiger partial charge in [-0.1, -0.05) is 6.92 Å². The maximum atomic E-state index is 5.85. The van der Waals surface area contributed by atoms with Crippen LogP contribution in [0.1, 0.15) is 20.3 Å². The Balaban J connectivity index is 2.47. The van der Waals surface area contributed by atoms with Gasteiger partial charge in [0, 0.05) is 13.1 Å². The Kier molecular flexibility index (Phi) is 4.02. The SMILES string of the molecule is CCCN=C(N)N1CCOCC1C. The second kappa shape index (κ2) is 5.07. The van der Waals surface area contributed by atoms with E-state index in [-0.39, 0.29) is 0 Å². The Morgan fingerprint density at radius 1 is 1.69 bits per heavy atom. The van der Waals surface area contributed by atoms with Gasteiger partial charge in [0.15, 0.2) is 5.96 Å². The van der Waals surface area contributed by atoms with Gasteiger partial charge in [-0.05, 0) is 13.3 Å². The Morgan fingerprint density at radius 2 is 2.46 bits per heavy atom. The molecule has 13 heavy (non-hydrogen) atoms. The molecule has 1 unspecified atom stereocenters. The number of hydrogen-bond acceptors (Lipinski definition) is 2. The lowest BCUT2D eigenvalue weighted by Crippen LogP contribution is -2.50. The third-order valence-corrected chi connectivity index (χ3v) is 2.16. The first-order valence-electron chi connectivity index (χ1n) is 4.90. The molecule has 0 aromatic rings. The smallest absolute Gasteiger partial charge is 0.191 e. The highest BCUT2D eigenvalue weighted by atomic mass is 16.5. The largest absolute Gasteiger partial charge is 0.377 e. The van der Waals surface area contributed by atoms with E-state index in [9.17, 15) is 0 Å². The van der Waals surface area contributed by atoms with Crippen molar-refractivity contribution in [2.24, 2.45) is 10.7 Å². The molecule has 1 saturated heterocycles. The molecular weight excluding hydrogens is 166 g/mol. The van der Waals surface area contributed by atoms with Crippen LogP contribution in [0.3, 0.4) is 0 Å². The second-order valence-corrected chi connectivity index (χ2v) is 3.36. The standard InChI is InChI=1S/C9H19N3O/c1-3-4-11-9(10)12-5-6-13-7-8(12)2/h8H,3-7H2,1-2H3,(H2,10,11). The highest BCUT2D eigenvalue weighted by molar-refractivity contribution is 5.78. The van der Waals surface area contributed by atoms with Gasteiger partial charge in [0.25, 0.3) is 0 Å². The molecule has 0 spiro atoms. The fourth-order valence-electron chi connectivity index (χ4n) is 1.38. The molecule has 1 aliphatic rings. The lowest BCUT2D eigenvalue weighted by Gasteiger charge is -2.34. The van der Waals surface area contributed by atoms with Crippen LogP contribution < -0.4 is 5.73 Å². The molecule has 1 atom stereocenters. The average Bonchev–Trinajstić information content (AvgIpc) is 2.15. The molecule has 1 aliphatic heterocycles. The zero-order valence-electron chi connectivity index (χ0n) is 8.49. The first-order valence-corrected chi connectivity index (χ1v) is 4.90. The van der Waals surface area contributed by atoms with E-state index < -0.39 is 0 Å². The summed E-state index contributed by atoms with van der Waals surface area (Å²) < 4.78 is 5.31. The van der Waals surface area contributed by atoms with Crippen molar-refractivity contribution in [2.75, 3.05) is 26.3 Å². The Morgan fingerprint density at radius 3 is 3.08 bits per heavy atom. The average molecular weight is 185 g/mol. The molecule has 0 amide bonds. The first-order chi connectivity index (χ1) is 6.25. The van der Waals surface area contributed by atoms with Crippen molar-refractivity contribution in [2.45, 2.75) is 26.3 Å². The van der Waals surface area contributed by atoms with Crippen molar-refractivity contribution in [3.63, 3.8) is 0 Å². The van der Waals surface area contributed by atoms with E-state index in [1.54, 1.807) is 0 Å². The van der Waals surface area contributed by atoms with Gasteiger partial charge in [-0.25, -0.2) is 0 Å². The lowest BCUT2D eigenvalue weighted by molar-refractivity contribution is 0.0325. The number of aliphatic imine (C=N–C) groups is 1. The normalized spacial score (nSPS) is 24.9. The minimum Gasteiger partial charge on any atom is -0.377 e. The van der Waals surface area contributed by atoms with Crippen LogP contribution in [0.2, 0.25) is 0 Å². The number of ether oxygens (including phenoxy) is 1. The Bertz CT molecular complexity index is 182. The molecule has 76 valence electrons. The zero-order chi connectivity index (χ0) is 9.68. The van der Waals surface area contributed by atoms with Gasteiger partial charge in [-0.3, -0.25) is 4.99 Å². The van der Waals surface area contributed by atoms with E-state index in [2.05, 4.69) is 23.7 Å². The molecule has 1 rings (SSSR count). The molecule has 0 radical (unpaired) electrons. The van der Waals surface area contributed by atoms with Gasteiger partial charge in [-0.15, -0.1) is 0 Å². The van der Waals surface area contributed by atoms with Crippen molar-refractivity contribution in [3.8, 4) is 0 Å². The summed E-state index contributed by atoms with van der Waals surface area (Å²) in [5.74, 6) is 0.664. The molecule has 4 nitrogen and oxygen atoms in total. The molecule has 0 aromatic heterocycles. The topological polar surface area (TPSA) is 50.8 Å². The predicted octanol–water partition coefficient (Wildman–Crippen LogP) is 0.432. The van der Waals surface area contributed by atoms with Crippen LogP contribution in [0.15, 0.2) is 4.99 Å². The van der Waals surface area contributed by atoms with Crippen LogP contribution in [0.25, 0.3) is 0 Å². The third-order valence-electron chi connectivity index (χ3n) is 2.16. The maximum Gasteiger partial charge on any atom is 0.191 e. The summed E-state index contributed by atoms with van der Waals surface area (Å²) in [6.07, 6.45) is 1.04. The first kappa shape index (κ1) is 10.3. The summed E-state index contributed by atoms with van der Waals surface area (Å²) in [5, 5.41) is 0. The van der Waals surface area contributed by atoms with Gasteiger partial charge in [0.1, 0.15) is 0 Å². The lowest BCUT2D eigenvalue weighted by atomic mass is 10.3. The van der Waals surface area contributed by atoms with Crippen LogP contribution in [0.5, 0.6) is 0 Å². The summed E-state index contributed by atoms with van der Waals surface area (Å²) >= 11 is 0. The third kappa shape index (κ3) is 2.88. The van der Waals surface area contributed by atoms with Crippen molar-refractivity contribution < 1.29 is 4.74 Å². The van der Waals surface area contributed by atoms with Crippen LogP contribution in [0.4, 0.5) is 0 Å². The van der Waals surface area contributed by atoms with E-state index in [0.29, 0.717) is 12.0 Å². The minimum absolute atomic E-state index is 0.356. The van der Waals surface area contributed by atoms with Gasteiger partial charge < -0.3 is 15.4 Å². The molecule has 0 aromatic carbocycles. The monoisotopic (exact) mass is 185 g/mol. The number of nitrogens with zero attached hydrogens (tertiary/aromatic N) is 2. The molecule has 0 saturated carbocycles. The summed E-state index contributed by atoms with van der Waals surface area (Å²) in [4.78, 5) is 6.39. The van der Waals surface area contributed by atoms with Crippen LogP contribution in [-0.4, -0.2) is 43.2 Å². The van der Waals surface area contributed by atoms with Crippen LogP contribution in [-0.2, 0) is 4.74 Å². The molecule has 0 bridgehead atoms. The van der Waals surface area contributed by atoms with Crippen molar-refractivity contribution in [3.05, 3.63) is 0 Å². The molecule has 4 heteroatoms.